The molecule has 2 saturated heterocycles. The largest absolute Gasteiger partial charge is 0.480 e. The zero-order valence-corrected chi connectivity index (χ0v) is 15.9. The fourth-order valence-electron chi connectivity index (χ4n) is 4.05. The van der Waals surface area contributed by atoms with Gasteiger partial charge in [0.25, 0.3) is 0 Å². The van der Waals surface area contributed by atoms with E-state index in [4.69, 9.17) is 5.11 Å². The second kappa shape index (κ2) is 9.59. The van der Waals surface area contributed by atoms with Crippen LogP contribution < -0.4 is 0 Å². The van der Waals surface area contributed by atoms with E-state index in [9.17, 15) is 9.59 Å². The minimum Gasteiger partial charge on any atom is -0.480 e. The third-order valence-corrected chi connectivity index (χ3v) is 5.41. The van der Waals surface area contributed by atoms with Crippen LogP contribution in [0, 0.1) is 0 Å². The molecule has 0 bridgehead atoms. The van der Waals surface area contributed by atoms with Gasteiger partial charge in [-0.25, -0.2) is 0 Å². The first kappa shape index (κ1) is 21.2. The van der Waals surface area contributed by atoms with Crippen molar-refractivity contribution in [3.8, 4) is 0 Å². The summed E-state index contributed by atoms with van der Waals surface area (Å²) in [7, 11) is 1.87. The van der Waals surface area contributed by atoms with Gasteiger partial charge in [-0.3, -0.25) is 19.4 Å². The molecule has 24 heavy (non-hydrogen) atoms. The molecule has 7 heteroatoms. The van der Waals surface area contributed by atoms with E-state index in [2.05, 4.69) is 23.6 Å². The van der Waals surface area contributed by atoms with Crippen molar-refractivity contribution in [2.24, 2.45) is 0 Å². The van der Waals surface area contributed by atoms with E-state index < -0.39 is 5.97 Å². The Balaban J connectivity index is 0.00000288. The standard InChI is InChI=1S/C17H31N3O3.ClH/c1-13-5-4-6-14(2)20(13)16(21)11-19-9-7-15(8-10-19)18(3)12-17(22)23;/h13-15H,4-12H2,1-3H3,(H,22,23);1H. The third-order valence-electron chi connectivity index (χ3n) is 5.41. The van der Waals surface area contributed by atoms with Gasteiger partial charge in [-0.05, 0) is 53.0 Å². The fraction of sp³-hybridized carbons (Fsp3) is 0.882. The molecular weight excluding hydrogens is 330 g/mol. The first-order valence-electron chi connectivity index (χ1n) is 8.84. The lowest BCUT2D eigenvalue weighted by atomic mass is 9.97. The SMILES string of the molecule is CC1CCCC(C)N1C(=O)CN1CCC(N(C)CC(=O)O)CC1.Cl. The number of amides is 1. The maximum atomic E-state index is 12.6. The molecule has 0 saturated carbocycles. The number of likely N-dealkylation sites (N-methyl/N-ethyl adjacent to an activating group) is 1. The lowest BCUT2D eigenvalue weighted by molar-refractivity contribution is -0.138. The Morgan fingerprint density at radius 2 is 1.62 bits per heavy atom. The third kappa shape index (κ3) is 5.60. The average Bonchev–Trinajstić information content (AvgIpc) is 2.47. The van der Waals surface area contributed by atoms with Crippen molar-refractivity contribution in [2.45, 2.75) is 64.1 Å². The molecule has 2 atom stereocenters. The highest BCUT2D eigenvalue weighted by Crippen LogP contribution is 2.23. The van der Waals surface area contributed by atoms with Crippen LogP contribution in [0.1, 0.15) is 46.0 Å². The Morgan fingerprint density at radius 3 is 2.12 bits per heavy atom. The molecule has 140 valence electrons. The summed E-state index contributed by atoms with van der Waals surface area (Å²) >= 11 is 0. The predicted octanol–water partition coefficient (Wildman–Crippen LogP) is 1.68. The van der Waals surface area contributed by atoms with Crippen LogP contribution in [0.3, 0.4) is 0 Å². The highest BCUT2D eigenvalue weighted by Gasteiger charge is 2.31. The minimum atomic E-state index is -0.779. The first-order chi connectivity index (χ1) is 10.9. The van der Waals surface area contributed by atoms with Crippen molar-refractivity contribution in [1.82, 2.24) is 14.7 Å². The molecule has 2 unspecified atom stereocenters. The monoisotopic (exact) mass is 361 g/mol. The summed E-state index contributed by atoms with van der Waals surface area (Å²) in [6.45, 7) is 6.64. The zero-order valence-electron chi connectivity index (χ0n) is 15.1. The molecule has 0 spiro atoms. The fourth-order valence-corrected chi connectivity index (χ4v) is 4.05. The molecule has 0 radical (unpaired) electrons. The van der Waals surface area contributed by atoms with Crippen molar-refractivity contribution in [3.05, 3.63) is 0 Å². The number of carbonyl (C=O) groups is 2. The average molecular weight is 362 g/mol. The van der Waals surface area contributed by atoms with Crippen molar-refractivity contribution in [2.75, 3.05) is 33.2 Å². The summed E-state index contributed by atoms with van der Waals surface area (Å²) < 4.78 is 0. The number of hydrogen-bond donors (Lipinski definition) is 1. The van der Waals surface area contributed by atoms with Crippen molar-refractivity contribution in [3.63, 3.8) is 0 Å². The number of halogens is 1. The Bertz CT molecular complexity index is 417. The summed E-state index contributed by atoms with van der Waals surface area (Å²) in [6.07, 6.45) is 5.30. The highest BCUT2D eigenvalue weighted by atomic mass is 35.5. The van der Waals surface area contributed by atoms with Crippen LogP contribution in [0.4, 0.5) is 0 Å². The number of carboxylic acids is 1. The number of piperidine rings is 2. The second-order valence-electron chi connectivity index (χ2n) is 7.25. The van der Waals surface area contributed by atoms with E-state index in [1.54, 1.807) is 0 Å². The van der Waals surface area contributed by atoms with Crippen LogP contribution in [-0.4, -0.2) is 83.0 Å². The number of hydrogen-bond acceptors (Lipinski definition) is 4. The van der Waals surface area contributed by atoms with Crippen LogP contribution in [0.25, 0.3) is 0 Å². The summed E-state index contributed by atoms with van der Waals surface area (Å²) in [5.41, 5.74) is 0. The van der Waals surface area contributed by atoms with E-state index in [-0.39, 0.29) is 24.9 Å². The minimum absolute atomic E-state index is 0. The number of rotatable bonds is 5. The van der Waals surface area contributed by atoms with E-state index in [0.717, 1.165) is 38.8 Å². The number of carboxylic acid groups (broad SMARTS) is 1. The quantitative estimate of drug-likeness (QED) is 0.807. The molecule has 0 aliphatic carbocycles. The summed E-state index contributed by atoms with van der Waals surface area (Å²) in [6, 6.07) is 1.02. The van der Waals surface area contributed by atoms with E-state index in [1.807, 2.05) is 11.9 Å². The number of carbonyl (C=O) groups excluding carboxylic acids is 1. The van der Waals surface area contributed by atoms with Crippen molar-refractivity contribution < 1.29 is 14.7 Å². The van der Waals surface area contributed by atoms with Crippen LogP contribution in [0.2, 0.25) is 0 Å². The second-order valence-corrected chi connectivity index (χ2v) is 7.25. The molecule has 2 aliphatic heterocycles. The molecule has 0 aromatic heterocycles. The van der Waals surface area contributed by atoms with Gasteiger partial charge in [-0.15, -0.1) is 12.4 Å². The van der Waals surface area contributed by atoms with Crippen molar-refractivity contribution in [1.29, 1.82) is 0 Å². The zero-order chi connectivity index (χ0) is 17.0. The summed E-state index contributed by atoms with van der Waals surface area (Å²) in [4.78, 5) is 29.7. The number of aliphatic carboxylic acids is 1. The molecule has 2 heterocycles. The van der Waals surface area contributed by atoms with Gasteiger partial charge in [-0.2, -0.15) is 0 Å². The van der Waals surface area contributed by atoms with E-state index in [1.165, 1.54) is 6.42 Å². The normalized spacial score (nSPS) is 26.2. The first-order valence-corrected chi connectivity index (χ1v) is 8.84. The Morgan fingerprint density at radius 1 is 1.08 bits per heavy atom. The lowest BCUT2D eigenvalue weighted by Crippen LogP contribution is -2.53. The Kier molecular flexibility index (Phi) is 8.46. The lowest BCUT2D eigenvalue weighted by Gasteiger charge is -2.41. The molecule has 2 fully saturated rings. The van der Waals surface area contributed by atoms with Gasteiger partial charge in [-0.1, -0.05) is 0 Å². The molecule has 6 nitrogen and oxygen atoms in total. The van der Waals surface area contributed by atoms with Gasteiger partial charge in [0.15, 0.2) is 0 Å². The van der Waals surface area contributed by atoms with Crippen LogP contribution in [0.15, 0.2) is 0 Å². The summed E-state index contributed by atoms with van der Waals surface area (Å²) in [5, 5.41) is 8.88. The smallest absolute Gasteiger partial charge is 0.317 e. The van der Waals surface area contributed by atoms with Crippen LogP contribution in [0.5, 0.6) is 0 Å². The molecule has 0 aromatic rings. The van der Waals surface area contributed by atoms with Gasteiger partial charge >= 0.3 is 5.97 Å². The van der Waals surface area contributed by atoms with Gasteiger partial charge in [0.05, 0.1) is 13.1 Å². The molecule has 2 rings (SSSR count). The van der Waals surface area contributed by atoms with Gasteiger partial charge in [0, 0.05) is 31.2 Å². The predicted molar refractivity (Wildman–Crippen MR) is 96.6 cm³/mol. The van der Waals surface area contributed by atoms with Gasteiger partial charge in [0.2, 0.25) is 5.91 Å². The molecule has 0 aromatic carbocycles. The van der Waals surface area contributed by atoms with Crippen LogP contribution in [-0.2, 0) is 9.59 Å². The van der Waals surface area contributed by atoms with Crippen LogP contribution >= 0.6 is 12.4 Å². The maximum Gasteiger partial charge on any atom is 0.317 e. The molecule has 2 aliphatic rings. The maximum absolute atomic E-state index is 12.6. The molecular formula is C17H32ClN3O3. The van der Waals surface area contributed by atoms with Gasteiger partial charge in [0.1, 0.15) is 0 Å². The Hall–Kier alpha value is -0.850. The number of likely N-dealkylation sites (tertiary alicyclic amines) is 2. The highest BCUT2D eigenvalue weighted by molar-refractivity contribution is 5.85. The number of nitrogens with zero attached hydrogens (tertiary/aromatic N) is 3. The van der Waals surface area contributed by atoms with Gasteiger partial charge < -0.3 is 10.0 Å². The Labute approximate surface area is 151 Å². The van der Waals surface area contributed by atoms with E-state index in [0.29, 0.717) is 24.7 Å². The molecule has 1 amide bonds. The summed E-state index contributed by atoms with van der Waals surface area (Å²) in [5.74, 6) is -0.528. The van der Waals surface area contributed by atoms with Crippen molar-refractivity contribution >= 4 is 24.3 Å². The molecule has 1 N–H and O–H groups in total. The topological polar surface area (TPSA) is 64.1 Å². The van der Waals surface area contributed by atoms with E-state index >= 15 is 0 Å².